The molecule has 1 amide bonds. The first-order valence-electron chi connectivity index (χ1n) is 6.39. The third-order valence-corrected chi connectivity index (χ3v) is 3.16. The molecule has 1 aromatic rings. The van der Waals surface area contributed by atoms with Crippen LogP contribution in [0.1, 0.15) is 24.2 Å². The van der Waals surface area contributed by atoms with Crippen molar-refractivity contribution in [2.75, 3.05) is 25.9 Å². The SMILES string of the molecule is COc1cc(N)ccc1C(=O)N1CC(C)OC(C)C1. The van der Waals surface area contributed by atoms with Gasteiger partial charge >= 0.3 is 0 Å². The predicted molar refractivity (Wildman–Crippen MR) is 73.3 cm³/mol. The summed E-state index contributed by atoms with van der Waals surface area (Å²) >= 11 is 0. The van der Waals surface area contributed by atoms with Crippen LogP contribution in [0.4, 0.5) is 5.69 Å². The van der Waals surface area contributed by atoms with Gasteiger partial charge in [0.1, 0.15) is 5.75 Å². The highest BCUT2D eigenvalue weighted by atomic mass is 16.5. The van der Waals surface area contributed by atoms with Crippen molar-refractivity contribution in [3.63, 3.8) is 0 Å². The van der Waals surface area contributed by atoms with E-state index in [0.717, 1.165) is 0 Å². The molecule has 2 unspecified atom stereocenters. The first kappa shape index (κ1) is 13.7. The molecule has 0 aromatic heterocycles. The maximum absolute atomic E-state index is 12.5. The lowest BCUT2D eigenvalue weighted by Gasteiger charge is -2.35. The second-order valence-electron chi connectivity index (χ2n) is 4.93. The number of carbonyl (C=O) groups is 1. The van der Waals surface area contributed by atoms with Crippen molar-refractivity contribution in [1.29, 1.82) is 0 Å². The zero-order valence-corrected chi connectivity index (χ0v) is 11.6. The summed E-state index contributed by atoms with van der Waals surface area (Å²) in [6.07, 6.45) is 0.0972. The molecular formula is C14H20N2O3. The zero-order valence-electron chi connectivity index (χ0n) is 11.6. The number of hydrogen-bond donors (Lipinski definition) is 1. The van der Waals surface area contributed by atoms with Crippen LogP contribution in [0.15, 0.2) is 18.2 Å². The van der Waals surface area contributed by atoms with Gasteiger partial charge in [0.2, 0.25) is 0 Å². The molecule has 1 aromatic carbocycles. The number of nitrogens with zero attached hydrogens (tertiary/aromatic N) is 1. The number of benzene rings is 1. The number of hydrogen-bond acceptors (Lipinski definition) is 4. The molecule has 1 saturated heterocycles. The summed E-state index contributed by atoms with van der Waals surface area (Å²) < 4.78 is 10.9. The van der Waals surface area contributed by atoms with Crippen LogP contribution < -0.4 is 10.5 Å². The highest BCUT2D eigenvalue weighted by molar-refractivity contribution is 5.97. The van der Waals surface area contributed by atoms with Gasteiger partial charge in [-0.1, -0.05) is 0 Å². The van der Waals surface area contributed by atoms with Crippen LogP contribution in [0.3, 0.4) is 0 Å². The number of nitrogen functional groups attached to an aromatic ring is 1. The number of ether oxygens (including phenoxy) is 2. The van der Waals surface area contributed by atoms with E-state index in [2.05, 4.69) is 0 Å². The molecule has 0 aliphatic carbocycles. The molecular weight excluding hydrogens is 244 g/mol. The molecule has 19 heavy (non-hydrogen) atoms. The number of carbonyl (C=O) groups excluding carboxylic acids is 1. The van der Waals surface area contributed by atoms with Crippen LogP contribution in [-0.2, 0) is 4.74 Å². The van der Waals surface area contributed by atoms with E-state index in [-0.39, 0.29) is 18.1 Å². The van der Waals surface area contributed by atoms with E-state index in [1.54, 1.807) is 23.1 Å². The normalized spacial score (nSPS) is 23.2. The fourth-order valence-electron chi connectivity index (χ4n) is 2.40. The Morgan fingerprint density at radius 3 is 2.58 bits per heavy atom. The second-order valence-corrected chi connectivity index (χ2v) is 4.93. The molecule has 1 aliphatic heterocycles. The van der Waals surface area contributed by atoms with Crippen molar-refractivity contribution in [1.82, 2.24) is 4.90 Å². The fourth-order valence-corrected chi connectivity index (χ4v) is 2.40. The minimum Gasteiger partial charge on any atom is -0.496 e. The highest BCUT2D eigenvalue weighted by Crippen LogP contribution is 2.24. The summed E-state index contributed by atoms with van der Waals surface area (Å²) in [5.74, 6) is 0.468. The van der Waals surface area contributed by atoms with Gasteiger partial charge in [0.05, 0.1) is 24.9 Å². The van der Waals surface area contributed by atoms with Gasteiger partial charge in [-0.15, -0.1) is 0 Å². The summed E-state index contributed by atoms with van der Waals surface area (Å²) in [5.41, 5.74) is 6.82. The van der Waals surface area contributed by atoms with Crippen LogP contribution in [0.2, 0.25) is 0 Å². The maximum Gasteiger partial charge on any atom is 0.257 e. The molecule has 2 atom stereocenters. The number of amides is 1. The Labute approximate surface area is 113 Å². The van der Waals surface area contributed by atoms with E-state index in [4.69, 9.17) is 15.2 Å². The lowest BCUT2D eigenvalue weighted by Crippen LogP contribution is -2.48. The van der Waals surface area contributed by atoms with Gasteiger partial charge in [-0.2, -0.15) is 0 Å². The maximum atomic E-state index is 12.5. The smallest absolute Gasteiger partial charge is 0.257 e. The van der Waals surface area contributed by atoms with Crippen LogP contribution in [0.25, 0.3) is 0 Å². The number of morpholine rings is 1. The molecule has 0 spiro atoms. The second kappa shape index (κ2) is 5.48. The number of nitrogens with two attached hydrogens (primary N) is 1. The van der Waals surface area contributed by atoms with Crippen LogP contribution in [-0.4, -0.2) is 43.2 Å². The number of anilines is 1. The van der Waals surface area contributed by atoms with E-state index in [1.807, 2.05) is 13.8 Å². The molecule has 1 aliphatic rings. The van der Waals surface area contributed by atoms with Gasteiger partial charge < -0.3 is 20.1 Å². The summed E-state index contributed by atoms with van der Waals surface area (Å²) in [6, 6.07) is 5.09. The van der Waals surface area contributed by atoms with Crippen molar-refractivity contribution < 1.29 is 14.3 Å². The molecule has 1 fully saturated rings. The van der Waals surface area contributed by atoms with Gasteiger partial charge in [-0.25, -0.2) is 0 Å². The van der Waals surface area contributed by atoms with Crippen molar-refractivity contribution in [3.8, 4) is 5.75 Å². The Hall–Kier alpha value is -1.75. The standard InChI is InChI=1S/C14H20N2O3/c1-9-7-16(8-10(2)19-9)14(17)12-5-4-11(15)6-13(12)18-3/h4-6,9-10H,7-8,15H2,1-3H3. The van der Waals surface area contributed by atoms with Crippen molar-refractivity contribution in [2.45, 2.75) is 26.1 Å². The molecule has 5 heteroatoms. The first-order valence-corrected chi connectivity index (χ1v) is 6.39. The predicted octanol–water partition coefficient (Wildman–Crippen LogP) is 1.53. The zero-order chi connectivity index (χ0) is 14.0. The van der Waals surface area contributed by atoms with Crippen LogP contribution >= 0.6 is 0 Å². The van der Waals surface area contributed by atoms with Crippen LogP contribution in [0.5, 0.6) is 5.75 Å². The third kappa shape index (κ3) is 2.98. The molecule has 2 rings (SSSR count). The lowest BCUT2D eigenvalue weighted by molar-refractivity contribution is -0.0586. The van der Waals surface area contributed by atoms with E-state index < -0.39 is 0 Å². The number of rotatable bonds is 2. The Bertz CT molecular complexity index is 466. The summed E-state index contributed by atoms with van der Waals surface area (Å²) in [6.45, 7) is 5.12. The molecule has 1 heterocycles. The molecule has 2 N–H and O–H groups in total. The summed E-state index contributed by atoms with van der Waals surface area (Å²) in [4.78, 5) is 14.3. The summed E-state index contributed by atoms with van der Waals surface area (Å²) in [5, 5.41) is 0. The number of methoxy groups -OCH3 is 1. The third-order valence-electron chi connectivity index (χ3n) is 3.16. The Balaban J connectivity index is 2.24. The van der Waals surface area contributed by atoms with E-state index in [1.165, 1.54) is 7.11 Å². The molecule has 104 valence electrons. The van der Waals surface area contributed by atoms with E-state index in [0.29, 0.717) is 30.1 Å². The van der Waals surface area contributed by atoms with Gasteiger partial charge in [0, 0.05) is 24.8 Å². The molecule has 5 nitrogen and oxygen atoms in total. The quantitative estimate of drug-likeness (QED) is 0.823. The minimum atomic E-state index is -0.0427. The Morgan fingerprint density at radius 2 is 2.00 bits per heavy atom. The van der Waals surface area contributed by atoms with Crippen molar-refractivity contribution in [3.05, 3.63) is 23.8 Å². The monoisotopic (exact) mass is 264 g/mol. The van der Waals surface area contributed by atoms with E-state index >= 15 is 0 Å². The fraction of sp³-hybridized carbons (Fsp3) is 0.500. The van der Waals surface area contributed by atoms with Gasteiger partial charge in [-0.3, -0.25) is 4.79 Å². The minimum absolute atomic E-state index is 0.0427. The molecule has 0 bridgehead atoms. The molecule has 0 radical (unpaired) electrons. The van der Waals surface area contributed by atoms with E-state index in [9.17, 15) is 4.79 Å². The van der Waals surface area contributed by atoms with Gasteiger partial charge in [-0.05, 0) is 26.0 Å². The average Bonchev–Trinajstić information content (AvgIpc) is 2.36. The summed E-state index contributed by atoms with van der Waals surface area (Å²) in [7, 11) is 1.54. The van der Waals surface area contributed by atoms with Gasteiger partial charge in [0.15, 0.2) is 0 Å². The van der Waals surface area contributed by atoms with Crippen LogP contribution in [0, 0.1) is 0 Å². The van der Waals surface area contributed by atoms with Gasteiger partial charge in [0.25, 0.3) is 5.91 Å². The van der Waals surface area contributed by atoms with Crippen molar-refractivity contribution >= 4 is 11.6 Å². The largest absolute Gasteiger partial charge is 0.496 e. The van der Waals surface area contributed by atoms with Crippen molar-refractivity contribution in [2.24, 2.45) is 0 Å². The topological polar surface area (TPSA) is 64.8 Å². The molecule has 0 saturated carbocycles. The average molecular weight is 264 g/mol. The Kier molecular flexibility index (Phi) is 3.95. The highest BCUT2D eigenvalue weighted by Gasteiger charge is 2.28. The Morgan fingerprint density at radius 1 is 1.37 bits per heavy atom. The lowest BCUT2D eigenvalue weighted by atomic mass is 10.1. The first-order chi connectivity index (χ1) is 9.01.